The maximum atomic E-state index is 10.3. The van der Waals surface area contributed by atoms with E-state index in [-0.39, 0.29) is 0 Å². The van der Waals surface area contributed by atoms with Gasteiger partial charge < -0.3 is 5.11 Å². The lowest BCUT2D eigenvalue weighted by Gasteiger charge is -2.16. The third kappa shape index (κ3) is 1.38. The molecule has 1 nitrogen and oxygen atoms in total. The highest BCUT2D eigenvalue weighted by molar-refractivity contribution is 6.25. The number of rotatable bonds is 1. The van der Waals surface area contributed by atoms with Gasteiger partial charge in [0.25, 0.3) is 0 Å². The summed E-state index contributed by atoms with van der Waals surface area (Å²) >= 11 is 0. The van der Waals surface area contributed by atoms with Gasteiger partial charge in [0.2, 0.25) is 0 Å². The number of hydrogen-bond donors (Lipinski definition) is 1. The molecule has 0 fully saturated rings. The molecule has 20 heavy (non-hydrogen) atoms. The van der Waals surface area contributed by atoms with E-state index in [1.54, 1.807) is 0 Å². The van der Waals surface area contributed by atoms with Crippen LogP contribution in [0.3, 0.4) is 0 Å². The van der Waals surface area contributed by atoms with E-state index in [1.165, 1.54) is 27.1 Å². The summed E-state index contributed by atoms with van der Waals surface area (Å²) < 4.78 is 0. The minimum atomic E-state index is 0.372. The van der Waals surface area contributed by atoms with E-state index in [4.69, 9.17) is 0 Å². The van der Waals surface area contributed by atoms with Crippen LogP contribution in [0.4, 0.5) is 0 Å². The van der Waals surface area contributed by atoms with E-state index in [0.29, 0.717) is 11.7 Å². The number of phenolic OH excluding ortho intramolecular Hbond substituents is 1. The molecule has 98 valence electrons. The molecule has 0 aliphatic carbocycles. The van der Waals surface area contributed by atoms with Crippen LogP contribution in [0, 0.1) is 0 Å². The lowest BCUT2D eigenvalue weighted by Crippen LogP contribution is -1.92. The van der Waals surface area contributed by atoms with Crippen molar-refractivity contribution in [3.8, 4) is 5.75 Å². The van der Waals surface area contributed by atoms with Gasteiger partial charge in [-0.1, -0.05) is 56.3 Å². The van der Waals surface area contributed by atoms with Crippen LogP contribution < -0.4 is 0 Å². The summed E-state index contributed by atoms with van der Waals surface area (Å²) in [7, 11) is 0. The molecular formula is C19H16O. The second kappa shape index (κ2) is 3.86. The second-order valence-corrected chi connectivity index (χ2v) is 5.82. The van der Waals surface area contributed by atoms with Crippen molar-refractivity contribution in [3.63, 3.8) is 0 Å². The first-order valence-corrected chi connectivity index (χ1v) is 7.06. The Hall–Kier alpha value is -2.28. The summed E-state index contributed by atoms with van der Waals surface area (Å²) in [6.45, 7) is 4.43. The van der Waals surface area contributed by atoms with Gasteiger partial charge in [0, 0.05) is 10.8 Å². The second-order valence-electron chi connectivity index (χ2n) is 5.82. The molecule has 1 heteroatoms. The van der Waals surface area contributed by atoms with Crippen LogP contribution >= 0.6 is 0 Å². The fraction of sp³-hybridized carbons (Fsp3) is 0.158. The number of phenols is 1. The van der Waals surface area contributed by atoms with E-state index in [2.05, 4.69) is 50.2 Å². The average molecular weight is 260 g/mol. The highest BCUT2D eigenvalue weighted by Gasteiger charge is 2.14. The molecule has 4 rings (SSSR count). The first-order chi connectivity index (χ1) is 9.66. The molecule has 0 saturated carbocycles. The van der Waals surface area contributed by atoms with Gasteiger partial charge in [-0.2, -0.15) is 0 Å². The van der Waals surface area contributed by atoms with Gasteiger partial charge in [-0.25, -0.2) is 0 Å². The molecule has 0 radical (unpaired) electrons. The summed E-state index contributed by atoms with van der Waals surface area (Å²) in [5, 5.41) is 17.3. The molecule has 0 spiro atoms. The maximum absolute atomic E-state index is 10.3. The molecule has 1 N–H and O–H groups in total. The Labute approximate surface area is 117 Å². The van der Waals surface area contributed by atoms with Crippen molar-refractivity contribution in [3.05, 3.63) is 54.1 Å². The van der Waals surface area contributed by atoms with Crippen molar-refractivity contribution in [2.75, 3.05) is 0 Å². The fourth-order valence-corrected chi connectivity index (χ4v) is 3.34. The Bertz CT molecular complexity index is 935. The van der Waals surface area contributed by atoms with Crippen molar-refractivity contribution in [2.24, 2.45) is 0 Å². The van der Waals surface area contributed by atoms with Crippen molar-refractivity contribution in [1.82, 2.24) is 0 Å². The fourth-order valence-electron chi connectivity index (χ4n) is 3.34. The monoisotopic (exact) mass is 260 g/mol. The minimum absolute atomic E-state index is 0.372. The van der Waals surface area contributed by atoms with E-state index >= 15 is 0 Å². The summed E-state index contributed by atoms with van der Waals surface area (Å²) in [5.41, 5.74) is 1.34. The summed E-state index contributed by atoms with van der Waals surface area (Å²) in [6.07, 6.45) is 0. The maximum Gasteiger partial charge on any atom is 0.124 e. The number of benzene rings is 4. The van der Waals surface area contributed by atoms with Crippen LogP contribution in [0.25, 0.3) is 32.3 Å². The predicted octanol–water partition coefficient (Wildman–Crippen LogP) is 5.41. The molecule has 0 atom stereocenters. The van der Waals surface area contributed by atoms with Crippen LogP contribution in [-0.4, -0.2) is 5.11 Å². The van der Waals surface area contributed by atoms with Gasteiger partial charge in [-0.15, -0.1) is 0 Å². The molecule has 0 unspecified atom stereocenters. The van der Waals surface area contributed by atoms with Gasteiger partial charge >= 0.3 is 0 Å². The summed E-state index contributed by atoms with van der Waals surface area (Å²) in [5.74, 6) is 0.846. The Morgan fingerprint density at radius 2 is 1.55 bits per heavy atom. The molecule has 0 aliphatic rings. The molecule has 4 aromatic rings. The third-order valence-corrected chi connectivity index (χ3v) is 4.28. The first-order valence-electron chi connectivity index (χ1n) is 7.06. The first kappa shape index (κ1) is 11.5. The SMILES string of the molecule is CC(C)c1ccc2c(O)cc3cccc4ccc1c2c43. The number of aromatic hydroxyl groups is 1. The highest BCUT2D eigenvalue weighted by Crippen LogP contribution is 2.41. The van der Waals surface area contributed by atoms with E-state index < -0.39 is 0 Å². The van der Waals surface area contributed by atoms with Gasteiger partial charge in [0.05, 0.1) is 0 Å². The zero-order valence-corrected chi connectivity index (χ0v) is 11.6. The lowest BCUT2D eigenvalue weighted by molar-refractivity contribution is 0.482. The van der Waals surface area contributed by atoms with Crippen LogP contribution in [0.5, 0.6) is 5.75 Å². The smallest absolute Gasteiger partial charge is 0.124 e. The van der Waals surface area contributed by atoms with Gasteiger partial charge in [-0.3, -0.25) is 0 Å². The largest absolute Gasteiger partial charge is 0.507 e. The van der Waals surface area contributed by atoms with Crippen LogP contribution in [0.2, 0.25) is 0 Å². The normalized spacial score (nSPS) is 12.2. The highest BCUT2D eigenvalue weighted by atomic mass is 16.3. The Balaban J connectivity index is 2.37. The molecular weight excluding hydrogens is 244 g/mol. The predicted molar refractivity (Wildman–Crippen MR) is 85.9 cm³/mol. The number of hydrogen-bond acceptors (Lipinski definition) is 1. The quantitative estimate of drug-likeness (QED) is 0.453. The zero-order valence-electron chi connectivity index (χ0n) is 11.6. The van der Waals surface area contributed by atoms with Crippen molar-refractivity contribution >= 4 is 32.3 Å². The Morgan fingerprint density at radius 3 is 2.35 bits per heavy atom. The van der Waals surface area contributed by atoms with Gasteiger partial charge in [0.15, 0.2) is 0 Å². The van der Waals surface area contributed by atoms with Crippen LogP contribution in [0.15, 0.2) is 48.5 Å². The molecule has 0 aliphatic heterocycles. The lowest BCUT2D eigenvalue weighted by atomic mass is 9.88. The summed E-state index contributed by atoms with van der Waals surface area (Å²) in [6, 6.07) is 16.7. The van der Waals surface area contributed by atoms with Crippen molar-refractivity contribution in [1.29, 1.82) is 0 Å². The standard InChI is InChI=1S/C19H16O/c1-11(2)14-8-9-16-17(20)10-13-5-3-4-12-6-7-15(14)19(16)18(12)13/h3-11,20H,1-2H3. The Kier molecular flexibility index (Phi) is 2.23. The van der Waals surface area contributed by atoms with E-state index in [0.717, 1.165) is 10.8 Å². The molecule has 0 heterocycles. The van der Waals surface area contributed by atoms with E-state index in [9.17, 15) is 5.11 Å². The van der Waals surface area contributed by atoms with E-state index in [1.807, 2.05) is 12.1 Å². The molecule has 0 aromatic heterocycles. The molecule has 0 bridgehead atoms. The topological polar surface area (TPSA) is 20.2 Å². The molecule has 0 amide bonds. The minimum Gasteiger partial charge on any atom is -0.507 e. The zero-order chi connectivity index (χ0) is 13.9. The summed E-state index contributed by atoms with van der Waals surface area (Å²) in [4.78, 5) is 0. The van der Waals surface area contributed by atoms with Gasteiger partial charge in [-0.05, 0) is 39.1 Å². The average Bonchev–Trinajstić information content (AvgIpc) is 2.45. The third-order valence-electron chi connectivity index (χ3n) is 4.28. The van der Waals surface area contributed by atoms with Gasteiger partial charge in [0.1, 0.15) is 5.75 Å². The van der Waals surface area contributed by atoms with Crippen LogP contribution in [0.1, 0.15) is 25.3 Å². The van der Waals surface area contributed by atoms with Crippen molar-refractivity contribution in [2.45, 2.75) is 19.8 Å². The molecule has 4 aromatic carbocycles. The van der Waals surface area contributed by atoms with Crippen molar-refractivity contribution < 1.29 is 5.11 Å². The molecule has 0 saturated heterocycles. The Morgan fingerprint density at radius 1 is 0.800 bits per heavy atom. The van der Waals surface area contributed by atoms with Crippen LogP contribution in [-0.2, 0) is 0 Å².